The second-order valence-corrected chi connectivity index (χ2v) is 7.93. The van der Waals surface area contributed by atoms with Crippen LogP contribution in [0.15, 0.2) is 11.6 Å². The molecule has 2 aliphatic heterocycles. The average molecular weight is 373 g/mol. The van der Waals surface area contributed by atoms with Crippen molar-refractivity contribution in [2.45, 2.75) is 38.2 Å². The average Bonchev–Trinajstić information content (AvgIpc) is 3.23. The van der Waals surface area contributed by atoms with Gasteiger partial charge in [-0.2, -0.15) is 0 Å². The third kappa shape index (κ3) is 4.01. The lowest BCUT2D eigenvalue weighted by molar-refractivity contribution is -0.0591. The fourth-order valence-electron chi connectivity index (χ4n) is 4.05. The molecule has 5 nitrogen and oxygen atoms in total. The molecular weight excluding hydrogens is 348 g/mol. The van der Waals surface area contributed by atoms with Crippen molar-refractivity contribution in [2.24, 2.45) is 11.8 Å². The highest BCUT2D eigenvalue weighted by molar-refractivity contribution is 7.11. The van der Waals surface area contributed by atoms with Gasteiger partial charge in [-0.1, -0.05) is 13.3 Å². The Bertz CT molecular complexity index is 574. The first-order chi connectivity index (χ1) is 11.9. The van der Waals surface area contributed by atoms with Crippen LogP contribution in [0.25, 0.3) is 0 Å². The number of carbonyl (C=O) groups is 1. The van der Waals surface area contributed by atoms with E-state index < -0.39 is 5.92 Å². The summed E-state index contributed by atoms with van der Waals surface area (Å²) in [5.41, 5.74) is 0. The van der Waals surface area contributed by atoms with Crippen LogP contribution in [0.5, 0.6) is 0 Å². The third-order valence-corrected chi connectivity index (χ3v) is 6.34. The van der Waals surface area contributed by atoms with Crippen LogP contribution < -0.4 is 0 Å². The van der Waals surface area contributed by atoms with Crippen LogP contribution in [0.3, 0.4) is 0 Å². The molecule has 1 amide bonds. The predicted octanol–water partition coefficient (Wildman–Crippen LogP) is 2.33. The van der Waals surface area contributed by atoms with Gasteiger partial charge in [-0.15, -0.1) is 11.3 Å². The lowest BCUT2D eigenvalue weighted by Gasteiger charge is -2.36. The zero-order valence-electron chi connectivity index (χ0n) is 14.4. The summed E-state index contributed by atoms with van der Waals surface area (Å²) in [4.78, 5) is 20.6. The molecule has 0 aliphatic carbocycles. The SMILES string of the molecule is CC[C@@H]1CN(C(=O)c2nccs2)[C@H](CO)[C@@H]1CN1CCC(F)(F)CC1. The van der Waals surface area contributed by atoms with E-state index in [1.54, 1.807) is 16.5 Å². The number of nitrogens with zero attached hydrogens (tertiary/aromatic N) is 3. The van der Waals surface area contributed by atoms with Crippen molar-refractivity contribution in [1.82, 2.24) is 14.8 Å². The second-order valence-electron chi connectivity index (χ2n) is 7.03. The number of amides is 1. The number of aromatic nitrogens is 1. The lowest BCUT2D eigenvalue weighted by atomic mass is 9.87. The normalized spacial score (nSPS) is 29.9. The van der Waals surface area contributed by atoms with E-state index in [2.05, 4.69) is 16.8 Å². The fraction of sp³-hybridized carbons (Fsp3) is 0.765. The van der Waals surface area contributed by atoms with Crippen LogP contribution in [0, 0.1) is 11.8 Å². The number of rotatable bonds is 5. The van der Waals surface area contributed by atoms with Crippen LogP contribution in [-0.2, 0) is 0 Å². The predicted molar refractivity (Wildman–Crippen MR) is 91.9 cm³/mol. The summed E-state index contributed by atoms with van der Waals surface area (Å²) in [5.74, 6) is -2.33. The molecule has 3 atom stereocenters. The van der Waals surface area contributed by atoms with E-state index in [-0.39, 0.29) is 43.2 Å². The number of hydrogen-bond acceptors (Lipinski definition) is 5. The number of halogens is 2. The number of thiazole rings is 1. The van der Waals surface area contributed by atoms with Crippen LogP contribution >= 0.6 is 11.3 Å². The minimum atomic E-state index is -2.56. The molecular formula is C17H25F2N3O2S. The molecule has 3 rings (SSSR count). The van der Waals surface area contributed by atoms with Crippen molar-refractivity contribution in [3.63, 3.8) is 0 Å². The van der Waals surface area contributed by atoms with Crippen molar-refractivity contribution in [2.75, 3.05) is 32.8 Å². The summed E-state index contributed by atoms with van der Waals surface area (Å²) in [6, 6.07) is -0.274. The zero-order valence-corrected chi connectivity index (χ0v) is 15.2. The molecule has 140 valence electrons. The molecule has 1 aromatic rings. The minimum absolute atomic E-state index is 0.102. The molecule has 1 aromatic heterocycles. The Hall–Kier alpha value is -1.12. The maximum atomic E-state index is 13.4. The van der Waals surface area contributed by atoms with Crippen LogP contribution in [0.1, 0.15) is 36.0 Å². The van der Waals surface area contributed by atoms with Crippen LogP contribution in [0.2, 0.25) is 0 Å². The monoisotopic (exact) mass is 373 g/mol. The first kappa shape index (κ1) is 18.7. The molecule has 25 heavy (non-hydrogen) atoms. The second kappa shape index (κ2) is 7.63. The van der Waals surface area contributed by atoms with Gasteiger partial charge in [-0.05, 0) is 11.8 Å². The quantitative estimate of drug-likeness (QED) is 0.861. The molecule has 0 unspecified atom stereocenters. The molecule has 8 heteroatoms. The van der Waals surface area contributed by atoms with Crippen molar-refractivity contribution < 1.29 is 18.7 Å². The van der Waals surface area contributed by atoms with Gasteiger partial charge in [-0.25, -0.2) is 13.8 Å². The molecule has 0 aromatic carbocycles. The number of likely N-dealkylation sites (tertiary alicyclic amines) is 2. The van der Waals surface area contributed by atoms with Gasteiger partial charge in [0.15, 0.2) is 5.01 Å². The first-order valence-electron chi connectivity index (χ1n) is 8.86. The Morgan fingerprint density at radius 3 is 2.72 bits per heavy atom. The molecule has 2 saturated heterocycles. The maximum Gasteiger partial charge on any atom is 0.283 e. The number of hydrogen-bond donors (Lipinski definition) is 1. The Morgan fingerprint density at radius 2 is 2.16 bits per heavy atom. The van der Waals surface area contributed by atoms with Gasteiger partial charge < -0.3 is 14.9 Å². The van der Waals surface area contributed by atoms with E-state index in [1.807, 2.05) is 0 Å². The van der Waals surface area contributed by atoms with Gasteiger partial charge in [0, 0.05) is 50.6 Å². The van der Waals surface area contributed by atoms with Gasteiger partial charge in [0.2, 0.25) is 0 Å². The molecule has 1 N–H and O–H groups in total. The Kier molecular flexibility index (Phi) is 5.70. The van der Waals surface area contributed by atoms with Gasteiger partial charge in [0.25, 0.3) is 11.8 Å². The van der Waals surface area contributed by atoms with E-state index in [1.165, 1.54) is 11.3 Å². The largest absolute Gasteiger partial charge is 0.394 e. The van der Waals surface area contributed by atoms with Gasteiger partial charge in [0.05, 0.1) is 12.6 Å². The minimum Gasteiger partial charge on any atom is -0.394 e. The smallest absolute Gasteiger partial charge is 0.283 e. The zero-order chi connectivity index (χ0) is 18.0. The van der Waals surface area contributed by atoms with Crippen molar-refractivity contribution in [3.8, 4) is 0 Å². The molecule has 2 fully saturated rings. The number of aliphatic hydroxyl groups is 1. The number of piperidine rings is 1. The summed E-state index contributed by atoms with van der Waals surface area (Å²) >= 11 is 1.30. The summed E-state index contributed by atoms with van der Waals surface area (Å²) in [6.07, 6.45) is 2.28. The van der Waals surface area contributed by atoms with Gasteiger partial charge in [0.1, 0.15) is 0 Å². The number of aliphatic hydroxyl groups excluding tert-OH is 1. The Morgan fingerprint density at radius 1 is 1.44 bits per heavy atom. The molecule has 0 radical (unpaired) electrons. The topological polar surface area (TPSA) is 56.7 Å². The highest BCUT2D eigenvalue weighted by Gasteiger charge is 2.45. The summed E-state index contributed by atoms with van der Waals surface area (Å²) in [5, 5.41) is 12.1. The standard InChI is InChI=1S/C17H25F2N3O2S/c1-2-12-9-22(16(24)15-20-5-8-25-15)14(11-23)13(12)10-21-6-3-17(18,19)4-7-21/h5,8,12-14,23H,2-4,6-7,9-11H2,1H3/t12-,13-,14-/m1/s1. The maximum absolute atomic E-state index is 13.4. The van der Waals surface area contributed by atoms with Crippen molar-refractivity contribution in [3.05, 3.63) is 16.6 Å². The highest BCUT2D eigenvalue weighted by atomic mass is 32.1. The molecule has 0 saturated carbocycles. The molecule has 3 heterocycles. The fourth-order valence-corrected chi connectivity index (χ4v) is 4.64. The molecule has 2 aliphatic rings. The van der Waals surface area contributed by atoms with Crippen molar-refractivity contribution in [1.29, 1.82) is 0 Å². The highest BCUT2D eigenvalue weighted by Crippen LogP contribution is 2.35. The van der Waals surface area contributed by atoms with E-state index in [4.69, 9.17) is 0 Å². The molecule has 0 spiro atoms. The van der Waals surface area contributed by atoms with E-state index >= 15 is 0 Å². The van der Waals surface area contributed by atoms with Crippen LogP contribution in [0.4, 0.5) is 8.78 Å². The lowest BCUT2D eigenvalue weighted by Crippen LogP contribution is -2.46. The van der Waals surface area contributed by atoms with Crippen molar-refractivity contribution >= 4 is 17.2 Å². The van der Waals surface area contributed by atoms with E-state index in [0.29, 0.717) is 31.2 Å². The van der Waals surface area contributed by atoms with E-state index in [9.17, 15) is 18.7 Å². The van der Waals surface area contributed by atoms with Crippen LogP contribution in [-0.4, -0.2) is 70.5 Å². The summed E-state index contributed by atoms with van der Waals surface area (Å²) < 4.78 is 26.8. The number of carbonyl (C=O) groups excluding carboxylic acids is 1. The third-order valence-electron chi connectivity index (χ3n) is 5.58. The Labute approximate surface area is 150 Å². The number of alkyl halides is 2. The van der Waals surface area contributed by atoms with E-state index in [0.717, 1.165) is 6.42 Å². The van der Waals surface area contributed by atoms with Gasteiger partial charge in [-0.3, -0.25) is 4.79 Å². The summed E-state index contributed by atoms with van der Waals surface area (Å²) in [6.45, 7) is 3.96. The molecule has 0 bridgehead atoms. The Balaban J connectivity index is 1.70. The van der Waals surface area contributed by atoms with Gasteiger partial charge >= 0.3 is 0 Å². The summed E-state index contributed by atoms with van der Waals surface area (Å²) in [7, 11) is 0. The first-order valence-corrected chi connectivity index (χ1v) is 9.74.